The smallest absolute Gasteiger partial charge is 0.396 e. The Labute approximate surface area is 109 Å². The van der Waals surface area contributed by atoms with E-state index in [1.54, 1.807) is 6.92 Å². The van der Waals surface area contributed by atoms with Crippen LogP contribution in [0.3, 0.4) is 0 Å². The summed E-state index contributed by atoms with van der Waals surface area (Å²) in [4.78, 5) is 13.4. The van der Waals surface area contributed by atoms with Crippen LogP contribution in [0, 0.1) is 0 Å². The van der Waals surface area contributed by atoms with E-state index in [4.69, 9.17) is 5.11 Å². The molecule has 0 unspecified atom stereocenters. The van der Waals surface area contributed by atoms with E-state index in [1.165, 1.54) is 17.0 Å². The minimum atomic E-state index is -4.46. The van der Waals surface area contributed by atoms with Crippen LogP contribution in [-0.2, 0) is 6.18 Å². The fourth-order valence-electron chi connectivity index (χ4n) is 1.68. The molecule has 0 aromatic heterocycles. The van der Waals surface area contributed by atoms with Crippen LogP contribution in [0.5, 0.6) is 0 Å². The Bertz CT molecular complexity index is 432. The van der Waals surface area contributed by atoms with Crippen molar-refractivity contribution in [2.45, 2.75) is 19.5 Å². The Morgan fingerprint density at radius 2 is 2.05 bits per heavy atom. The van der Waals surface area contributed by atoms with Gasteiger partial charge in [-0.25, -0.2) is 0 Å². The summed E-state index contributed by atoms with van der Waals surface area (Å²) in [6.45, 7) is 2.38. The molecule has 0 atom stereocenters. The van der Waals surface area contributed by atoms with Crippen LogP contribution < -0.4 is 0 Å². The number of aliphatic hydroxyl groups excluding tert-OH is 1. The molecule has 1 aromatic rings. The van der Waals surface area contributed by atoms with E-state index in [0.29, 0.717) is 19.5 Å². The van der Waals surface area contributed by atoms with Gasteiger partial charge in [-0.05, 0) is 31.5 Å². The predicted molar refractivity (Wildman–Crippen MR) is 64.7 cm³/mol. The summed E-state index contributed by atoms with van der Waals surface area (Å²) in [5, 5.41) is 8.73. The summed E-state index contributed by atoms with van der Waals surface area (Å²) in [5.41, 5.74) is -0.828. The standard InChI is InChI=1S/C13H16F3NO2/c1-2-17(7-4-8-18)12(19)10-5-3-6-11(9-10)13(14,15)16/h3,5-6,9,18H,2,4,7-8H2,1H3. The maximum Gasteiger partial charge on any atom is 0.416 e. The van der Waals surface area contributed by atoms with Crippen LogP contribution in [0.4, 0.5) is 13.2 Å². The highest BCUT2D eigenvalue weighted by Crippen LogP contribution is 2.29. The van der Waals surface area contributed by atoms with Gasteiger partial charge in [-0.15, -0.1) is 0 Å². The number of hydrogen-bond donors (Lipinski definition) is 1. The summed E-state index contributed by atoms with van der Waals surface area (Å²) < 4.78 is 37.7. The fraction of sp³-hybridized carbons (Fsp3) is 0.462. The molecule has 0 heterocycles. The normalized spacial score (nSPS) is 11.4. The molecule has 1 amide bonds. The quantitative estimate of drug-likeness (QED) is 0.897. The number of benzene rings is 1. The number of nitrogens with zero attached hydrogens (tertiary/aromatic N) is 1. The zero-order chi connectivity index (χ0) is 14.5. The lowest BCUT2D eigenvalue weighted by Gasteiger charge is -2.21. The van der Waals surface area contributed by atoms with Gasteiger partial charge in [0.2, 0.25) is 0 Å². The molecule has 0 aliphatic rings. The lowest BCUT2D eigenvalue weighted by molar-refractivity contribution is -0.137. The van der Waals surface area contributed by atoms with Gasteiger partial charge in [-0.2, -0.15) is 13.2 Å². The van der Waals surface area contributed by atoms with Crippen LogP contribution in [0.1, 0.15) is 29.3 Å². The lowest BCUT2D eigenvalue weighted by Crippen LogP contribution is -2.32. The molecule has 0 aliphatic heterocycles. The first-order chi connectivity index (χ1) is 8.90. The lowest BCUT2D eigenvalue weighted by atomic mass is 10.1. The molecule has 3 nitrogen and oxygen atoms in total. The molecule has 106 valence electrons. The Morgan fingerprint density at radius 1 is 1.37 bits per heavy atom. The molecule has 1 aromatic carbocycles. The average molecular weight is 275 g/mol. The van der Waals surface area contributed by atoms with Crippen molar-refractivity contribution in [1.29, 1.82) is 0 Å². The average Bonchev–Trinajstić information content (AvgIpc) is 2.38. The van der Waals surface area contributed by atoms with E-state index in [1.807, 2.05) is 0 Å². The number of carbonyl (C=O) groups is 1. The Balaban J connectivity index is 2.92. The molecular weight excluding hydrogens is 259 g/mol. The first-order valence-corrected chi connectivity index (χ1v) is 5.97. The van der Waals surface area contributed by atoms with Gasteiger partial charge in [-0.1, -0.05) is 6.07 Å². The summed E-state index contributed by atoms with van der Waals surface area (Å²) in [7, 11) is 0. The third-order valence-electron chi connectivity index (χ3n) is 2.69. The van der Waals surface area contributed by atoms with Gasteiger partial charge < -0.3 is 10.0 Å². The third kappa shape index (κ3) is 4.24. The SMILES string of the molecule is CCN(CCCO)C(=O)c1cccc(C(F)(F)F)c1. The largest absolute Gasteiger partial charge is 0.416 e. The van der Waals surface area contributed by atoms with Gasteiger partial charge in [0.15, 0.2) is 0 Å². The number of alkyl halides is 3. The van der Waals surface area contributed by atoms with Gasteiger partial charge >= 0.3 is 6.18 Å². The highest BCUT2D eigenvalue weighted by Gasteiger charge is 2.31. The second-order valence-corrected chi connectivity index (χ2v) is 4.04. The third-order valence-corrected chi connectivity index (χ3v) is 2.69. The van der Waals surface area contributed by atoms with Crippen LogP contribution >= 0.6 is 0 Å². The van der Waals surface area contributed by atoms with Crippen molar-refractivity contribution in [2.75, 3.05) is 19.7 Å². The van der Waals surface area contributed by atoms with E-state index in [2.05, 4.69) is 0 Å². The highest BCUT2D eigenvalue weighted by molar-refractivity contribution is 5.94. The number of hydrogen-bond acceptors (Lipinski definition) is 2. The van der Waals surface area contributed by atoms with Crippen molar-refractivity contribution in [2.24, 2.45) is 0 Å². The zero-order valence-electron chi connectivity index (χ0n) is 10.6. The summed E-state index contributed by atoms with van der Waals surface area (Å²) in [6, 6.07) is 4.36. The molecule has 1 N–H and O–H groups in total. The maximum absolute atomic E-state index is 12.6. The van der Waals surface area contributed by atoms with E-state index in [-0.39, 0.29) is 12.2 Å². The summed E-state index contributed by atoms with van der Waals surface area (Å²) in [5.74, 6) is -0.456. The van der Waals surface area contributed by atoms with E-state index >= 15 is 0 Å². The van der Waals surface area contributed by atoms with Crippen LogP contribution in [0.2, 0.25) is 0 Å². The monoisotopic (exact) mass is 275 g/mol. The topological polar surface area (TPSA) is 40.5 Å². The van der Waals surface area contributed by atoms with Crippen molar-refractivity contribution in [3.63, 3.8) is 0 Å². The number of rotatable bonds is 5. The molecule has 6 heteroatoms. The van der Waals surface area contributed by atoms with Gasteiger partial charge in [-0.3, -0.25) is 4.79 Å². The molecule has 0 saturated carbocycles. The molecule has 1 rings (SSSR count). The minimum Gasteiger partial charge on any atom is -0.396 e. The fourth-order valence-corrected chi connectivity index (χ4v) is 1.68. The Hall–Kier alpha value is -1.56. The molecule has 0 aliphatic carbocycles. The van der Waals surface area contributed by atoms with E-state index in [9.17, 15) is 18.0 Å². The van der Waals surface area contributed by atoms with Crippen molar-refractivity contribution in [3.8, 4) is 0 Å². The van der Waals surface area contributed by atoms with Gasteiger partial charge in [0.25, 0.3) is 5.91 Å². The van der Waals surface area contributed by atoms with Crippen molar-refractivity contribution in [1.82, 2.24) is 4.90 Å². The molecule has 0 radical (unpaired) electrons. The number of amides is 1. The summed E-state index contributed by atoms with van der Waals surface area (Å²) >= 11 is 0. The Kier molecular flexibility index (Phi) is 5.35. The molecule has 0 fully saturated rings. The first kappa shape index (κ1) is 15.5. The first-order valence-electron chi connectivity index (χ1n) is 5.97. The van der Waals surface area contributed by atoms with Crippen molar-refractivity contribution in [3.05, 3.63) is 35.4 Å². The second kappa shape index (κ2) is 6.56. The summed E-state index contributed by atoms with van der Waals surface area (Å²) in [6.07, 6.45) is -4.06. The van der Waals surface area contributed by atoms with Crippen LogP contribution in [0.25, 0.3) is 0 Å². The van der Waals surface area contributed by atoms with Crippen molar-refractivity contribution >= 4 is 5.91 Å². The van der Waals surface area contributed by atoms with E-state index in [0.717, 1.165) is 12.1 Å². The predicted octanol–water partition coefficient (Wildman–Crippen LogP) is 2.55. The van der Waals surface area contributed by atoms with Gasteiger partial charge in [0, 0.05) is 25.3 Å². The van der Waals surface area contributed by atoms with Crippen molar-refractivity contribution < 1.29 is 23.1 Å². The Morgan fingerprint density at radius 3 is 2.58 bits per heavy atom. The number of carbonyl (C=O) groups excluding carboxylic acids is 1. The molecule has 0 bridgehead atoms. The molecule has 0 saturated heterocycles. The molecule has 0 spiro atoms. The van der Waals surface area contributed by atoms with Crippen LogP contribution in [-0.4, -0.2) is 35.6 Å². The van der Waals surface area contributed by atoms with E-state index < -0.39 is 17.6 Å². The molecule has 19 heavy (non-hydrogen) atoms. The maximum atomic E-state index is 12.6. The second-order valence-electron chi connectivity index (χ2n) is 4.04. The molecular formula is C13H16F3NO2. The number of halogens is 3. The van der Waals surface area contributed by atoms with Gasteiger partial charge in [0.05, 0.1) is 5.56 Å². The van der Waals surface area contributed by atoms with Crippen LogP contribution in [0.15, 0.2) is 24.3 Å². The zero-order valence-corrected chi connectivity index (χ0v) is 10.6. The van der Waals surface area contributed by atoms with Gasteiger partial charge in [0.1, 0.15) is 0 Å². The highest BCUT2D eigenvalue weighted by atomic mass is 19.4. The number of aliphatic hydroxyl groups is 1. The minimum absolute atomic E-state index is 0.00890.